The van der Waals surface area contributed by atoms with Crippen molar-refractivity contribution in [1.82, 2.24) is 5.32 Å². The lowest BCUT2D eigenvalue weighted by Gasteiger charge is -2.22. The van der Waals surface area contributed by atoms with Gasteiger partial charge in [-0.15, -0.1) is 0 Å². The van der Waals surface area contributed by atoms with Crippen molar-refractivity contribution < 1.29 is 13.6 Å². The molecule has 0 unspecified atom stereocenters. The summed E-state index contributed by atoms with van der Waals surface area (Å²) in [6, 6.07) is 10.9. The van der Waals surface area contributed by atoms with E-state index in [1.807, 2.05) is 24.3 Å². The molecule has 28 heavy (non-hydrogen) atoms. The first-order valence-corrected chi connectivity index (χ1v) is 9.86. The Labute approximate surface area is 164 Å². The summed E-state index contributed by atoms with van der Waals surface area (Å²) in [4.78, 5) is 14.6. The van der Waals surface area contributed by atoms with Crippen LogP contribution in [0.25, 0.3) is 0 Å². The topological polar surface area (TPSA) is 44.4 Å². The van der Waals surface area contributed by atoms with Gasteiger partial charge in [0.2, 0.25) is 5.91 Å². The van der Waals surface area contributed by atoms with Crippen LogP contribution in [0.1, 0.15) is 44.2 Å². The highest BCUT2D eigenvalue weighted by molar-refractivity contribution is 5.92. The molecule has 2 aromatic rings. The highest BCUT2D eigenvalue weighted by atomic mass is 19.1. The van der Waals surface area contributed by atoms with Gasteiger partial charge in [0.1, 0.15) is 11.6 Å². The summed E-state index contributed by atoms with van der Waals surface area (Å²) in [6.45, 7) is 3.92. The van der Waals surface area contributed by atoms with Gasteiger partial charge in [-0.25, -0.2) is 8.78 Å². The van der Waals surface area contributed by atoms with E-state index in [0.717, 1.165) is 24.8 Å². The first kappa shape index (κ1) is 20.3. The minimum atomic E-state index is -0.621. The zero-order valence-electron chi connectivity index (χ0n) is 16.2. The molecule has 3 rings (SSSR count). The van der Waals surface area contributed by atoms with E-state index in [2.05, 4.69) is 15.5 Å². The number of amides is 1. The number of hydrogen-bond donors (Lipinski definition) is 2. The van der Waals surface area contributed by atoms with Crippen molar-refractivity contribution in [3.8, 4) is 0 Å². The van der Waals surface area contributed by atoms with Crippen LogP contribution in [0.3, 0.4) is 0 Å². The second kappa shape index (κ2) is 9.64. The minimum absolute atomic E-state index is 0.0336. The smallest absolute Gasteiger partial charge is 0.238 e. The van der Waals surface area contributed by atoms with E-state index in [-0.39, 0.29) is 12.5 Å². The van der Waals surface area contributed by atoms with Gasteiger partial charge in [-0.05, 0) is 50.1 Å². The fourth-order valence-corrected chi connectivity index (χ4v) is 3.50. The number of hydrogen-bond acceptors (Lipinski definition) is 3. The zero-order valence-corrected chi connectivity index (χ0v) is 16.2. The van der Waals surface area contributed by atoms with Gasteiger partial charge in [-0.3, -0.25) is 4.79 Å². The Hall–Kier alpha value is -2.47. The lowest BCUT2D eigenvalue weighted by Crippen LogP contribution is -2.30. The average molecular weight is 387 g/mol. The third-order valence-corrected chi connectivity index (χ3v) is 5.12. The summed E-state index contributed by atoms with van der Waals surface area (Å²) in [5.74, 6) is -1.45. The molecule has 1 aliphatic heterocycles. The van der Waals surface area contributed by atoms with Crippen LogP contribution >= 0.6 is 0 Å². The molecule has 0 aliphatic carbocycles. The quantitative estimate of drug-likeness (QED) is 0.759. The Kier molecular flexibility index (Phi) is 6.98. The van der Waals surface area contributed by atoms with E-state index < -0.39 is 17.7 Å². The van der Waals surface area contributed by atoms with E-state index >= 15 is 0 Å². The number of halogens is 2. The summed E-state index contributed by atoms with van der Waals surface area (Å²) in [5, 5.41) is 5.81. The molecule has 0 radical (unpaired) electrons. The van der Waals surface area contributed by atoms with Crippen molar-refractivity contribution >= 4 is 17.3 Å². The standard InChI is InChI=1S/C22H27F2N3O/c1-16(20-11-6-17(23)14-21(20)24)25-15-22(28)26-18-7-9-19(10-8-18)27-12-4-2-3-5-13-27/h6-11,14,16,25H,2-5,12-13,15H2,1H3,(H,26,28)/t16-/m0/s1. The molecule has 6 heteroatoms. The third kappa shape index (κ3) is 5.52. The molecule has 0 bridgehead atoms. The maximum atomic E-state index is 13.8. The van der Waals surface area contributed by atoms with E-state index in [9.17, 15) is 13.6 Å². The summed E-state index contributed by atoms with van der Waals surface area (Å²) in [5.41, 5.74) is 2.24. The number of anilines is 2. The first-order chi connectivity index (χ1) is 13.5. The summed E-state index contributed by atoms with van der Waals surface area (Å²) < 4.78 is 26.8. The number of carbonyl (C=O) groups excluding carboxylic acids is 1. The zero-order chi connectivity index (χ0) is 19.9. The molecule has 1 fully saturated rings. The van der Waals surface area contributed by atoms with Crippen molar-refractivity contribution in [2.24, 2.45) is 0 Å². The normalized spacial score (nSPS) is 15.8. The molecule has 1 heterocycles. The monoisotopic (exact) mass is 387 g/mol. The number of carbonyl (C=O) groups is 1. The van der Waals surface area contributed by atoms with E-state index in [4.69, 9.17) is 0 Å². The molecule has 1 atom stereocenters. The highest BCUT2D eigenvalue weighted by Gasteiger charge is 2.13. The van der Waals surface area contributed by atoms with Gasteiger partial charge >= 0.3 is 0 Å². The van der Waals surface area contributed by atoms with Crippen LogP contribution in [-0.2, 0) is 4.79 Å². The number of nitrogens with zero attached hydrogens (tertiary/aromatic N) is 1. The predicted molar refractivity (Wildman–Crippen MR) is 109 cm³/mol. The molecule has 2 aromatic carbocycles. The van der Waals surface area contributed by atoms with Crippen LogP contribution in [0.4, 0.5) is 20.2 Å². The summed E-state index contributed by atoms with van der Waals surface area (Å²) in [6.07, 6.45) is 5.02. The molecule has 1 saturated heterocycles. The van der Waals surface area contributed by atoms with Gasteiger partial charge < -0.3 is 15.5 Å². The van der Waals surface area contributed by atoms with Crippen LogP contribution in [-0.4, -0.2) is 25.5 Å². The minimum Gasteiger partial charge on any atom is -0.372 e. The Morgan fingerprint density at radius 2 is 1.71 bits per heavy atom. The fraction of sp³-hybridized carbons (Fsp3) is 0.409. The first-order valence-electron chi connectivity index (χ1n) is 9.86. The lowest BCUT2D eigenvalue weighted by atomic mass is 10.1. The number of nitrogens with one attached hydrogen (secondary N) is 2. The molecule has 2 N–H and O–H groups in total. The van der Waals surface area contributed by atoms with Gasteiger partial charge in [0.15, 0.2) is 0 Å². The molecule has 1 amide bonds. The summed E-state index contributed by atoms with van der Waals surface area (Å²) >= 11 is 0. The molecular formula is C22H27F2N3O. The molecular weight excluding hydrogens is 360 g/mol. The van der Waals surface area contributed by atoms with Crippen LogP contribution in [0, 0.1) is 11.6 Å². The van der Waals surface area contributed by atoms with Gasteiger partial charge in [-0.2, -0.15) is 0 Å². The Balaban J connectivity index is 1.50. The molecule has 0 spiro atoms. The van der Waals surface area contributed by atoms with Crippen LogP contribution in [0.5, 0.6) is 0 Å². The third-order valence-electron chi connectivity index (χ3n) is 5.12. The average Bonchev–Trinajstić information content (AvgIpc) is 2.96. The lowest BCUT2D eigenvalue weighted by molar-refractivity contribution is -0.115. The van der Waals surface area contributed by atoms with E-state index in [0.29, 0.717) is 5.56 Å². The Bertz CT molecular complexity index is 787. The maximum absolute atomic E-state index is 13.8. The van der Waals surface area contributed by atoms with Crippen LogP contribution in [0.2, 0.25) is 0 Å². The second-order valence-electron chi connectivity index (χ2n) is 7.26. The van der Waals surface area contributed by atoms with Crippen LogP contribution in [0.15, 0.2) is 42.5 Å². The summed E-state index contributed by atoms with van der Waals surface area (Å²) in [7, 11) is 0. The molecule has 4 nitrogen and oxygen atoms in total. The molecule has 0 aromatic heterocycles. The second-order valence-corrected chi connectivity index (χ2v) is 7.26. The molecule has 0 saturated carbocycles. The van der Waals surface area contributed by atoms with Gasteiger partial charge in [0, 0.05) is 42.1 Å². The van der Waals surface area contributed by atoms with Crippen molar-refractivity contribution in [1.29, 1.82) is 0 Å². The van der Waals surface area contributed by atoms with E-state index in [1.165, 1.54) is 43.5 Å². The Morgan fingerprint density at radius 1 is 1.04 bits per heavy atom. The fourth-order valence-electron chi connectivity index (χ4n) is 3.50. The predicted octanol–water partition coefficient (Wildman–Crippen LogP) is 4.63. The molecule has 150 valence electrons. The molecule has 1 aliphatic rings. The number of rotatable bonds is 6. The van der Waals surface area contributed by atoms with Gasteiger partial charge in [0.05, 0.1) is 6.54 Å². The SMILES string of the molecule is C[C@H](NCC(=O)Nc1ccc(N2CCCCCC2)cc1)c1ccc(F)cc1F. The maximum Gasteiger partial charge on any atom is 0.238 e. The largest absolute Gasteiger partial charge is 0.372 e. The van der Waals surface area contributed by atoms with Crippen molar-refractivity contribution in [2.75, 3.05) is 29.9 Å². The van der Waals surface area contributed by atoms with Gasteiger partial charge in [-0.1, -0.05) is 18.9 Å². The highest BCUT2D eigenvalue weighted by Crippen LogP contribution is 2.22. The van der Waals surface area contributed by atoms with Crippen molar-refractivity contribution in [3.05, 3.63) is 59.7 Å². The van der Waals surface area contributed by atoms with Crippen molar-refractivity contribution in [2.45, 2.75) is 38.6 Å². The van der Waals surface area contributed by atoms with E-state index in [1.54, 1.807) is 6.92 Å². The van der Waals surface area contributed by atoms with Crippen molar-refractivity contribution in [3.63, 3.8) is 0 Å². The van der Waals surface area contributed by atoms with Crippen LogP contribution < -0.4 is 15.5 Å². The van der Waals surface area contributed by atoms with Gasteiger partial charge in [0.25, 0.3) is 0 Å². The number of benzene rings is 2. The Morgan fingerprint density at radius 3 is 2.36 bits per heavy atom.